The van der Waals surface area contributed by atoms with Crippen LogP contribution in [0.2, 0.25) is 0 Å². The van der Waals surface area contributed by atoms with Gasteiger partial charge in [-0.2, -0.15) is 0 Å². The molecule has 0 radical (unpaired) electrons. The van der Waals surface area contributed by atoms with Crippen LogP contribution in [0.1, 0.15) is 0 Å². The molecule has 0 fully saturated rings. The monoisotopic (exact) mass is 142 g/mol. The van der Waals surface area contributed by atoms with Gasteiger partial charge in [0.05, 0.1) is 25.3 Å². The summed E-state index contributed by atoms with van der Waals surface area (Å²) < 4.78 is 0. The highest BCUT2D eigenvalue weighted by Crippen LogP contribution is 2.04. The number of aliphatic hydroxyl groups is 2. The molecule has 0 saturated heterocycles. The molecule has 1 aliphatic rings. The van der Waals surface area contributed by atoms with E-state index in [-0.39, 0.29) is 25.3 Å². The lowest BCUT2D eigenvalue weighted by Crippen LogP contribution is -2.32. The first-order valence-corrected chi connectivity index (χ1v) is 3.15. The van der Waals surface area contributed by atoms with Gasteiger partial charge in [0.15, 0.2) is 0 Å². The van der Waals surface area contributed by atoms with E-state index >= 15 is 0 Å². The van der Waals surface area contributed by atoms with Crippen LogP contribution in [0, 0.1) is 0 Å². The maximum Gasteiger partial charge on any atom is 0.0976 e. The van der Waals surface area contributed by atoms with Crippen LogP contribution in [-0.2, 0) is 0 Å². The van der Waals surface area contributed by atoms with Crippen molar-refractivity contribution in [2.75, 3.05) is 13.2 Å². The molecule has 10 heavy (non-hydrogen) atoms. The molecule has 0 amide bonds. The van der Waals surface area contributed by atoms with E-state index in [4.69, 9.17) is 10.2 Å². The zero-order valence-electron chi connectivity index (χ0n) is 5.51. The van der Waals surface area contributed by atoms with Crippen molar-refractivity contribution in [2.24, 2.45) is 9.98 Å². The van der Waals surface area contributed by atoms with E-state index in [1.807, 2.05) is 0 Å². The van der Waals surface area contributed by atoms with Crippen molar-refractivity contribution in [3.8, 4) is 0 Å². The number of aliphatic hydroxyl groups excluding tert-OH is 2. The second kappa shape index (κ2) is 3.43. The van der Waals surface area contributed by atoms with Crippen molar-refractivity contribution >= 4 is 12.4 Å². The second-order valence-electron chi connectivity index (χ2n) is 2.10. The fraction of sp³-hybridized carbons (Fsp3) is 0.667. The lowest BCUT2D eigenvalue weighted by atomic mass is 10.1. The maximum atomic E-state index is 8.69. The van der Waals surface area contributed by atoms with E-state index in [1.165, 1.54) is 12.4 Å². The fourth-order valence-corrected chi connectivity index (χ4v) is 0.834. The van der Waals surface area contributed by atoms with E-state index in [0.717, 1.165) is 0 Å². The normalized spacial score (nSPS) is 31.0. The molecule has 2 N–H and O–H groups in total. The molecule has 2 atom stereocenters. The van der Waals surface area contributed by atoms with Gasteiger partial charge < -0.3 is 10.2 Å². The fourth-order valence-electron chi connectivity index (χ4n) is 0.834. The molecule has 2 unspecified atom stereocenters. The summed E-state index contributed by atoms with van der Waals surface area (Å²) in [4.78, 5) is 7.83. The minimum atomic E-state index is -0.255. The molecule has 0 spiro atoms. The Morgan fingerprint density at radius 1 is 1.00 bits per heavy atom. The van der Waals surface area contributed by atoms with Crippen LogP contribution in [0.4, 0.5) is 0 Å². The average Bonchev–Trinajstić information content (AvgIpc) is 2.04. The smallest absolute Gasteiger partial charge is 0.0976 e. The molecule has 4 nitrogen and oxygen atoms in total. The first-order chi connectivity index (χ1) is 4.88. The third kappa shape index (κ3) is 1.40. The minimum Gasteiger partial charge on any atom is -0.394 e. The lowest BCUT2D eigenvalue weighted by Gasteiger charge is -2.17. The largest absolute Gasteiger partial charge is 0.394 e. The van der Waals surface area contributed by atoms with E-state index in [9.17, 15) is 0 Å². The predicted molar refractivity (Wildman–Crippen MR) is 38.7 cm³/mol. The molecular weight excluding hydrogens is 132 g/mol. The Hall–Kier alpha value is -0.740. The van der Waals surface area contributed by atoms with E-state index < -0.39 is 0 Å². The molecule has 0 saturated carbocycles. The van der Waals surface area contributed by atoms with Crippen LogP contribution < -0.4 is 0 Å². The Morgan fingerprint density at radius 2 is 1.40 bits per heavy atom. The molecule has 0 aromatic carbocycles. The molecule has 1 rings (SSSR count). The molecule has 1 heterocycles. The first kappa shape index (κ1) is 7.37. The van der Waals surface area contributed by atoms with E-state index in [0.29, 0.717) is 0 Å². The highest BCUT2D eigenvalue weighted by Gasteiger charge is 2.18. The zero-order chi connectivity index (χ0) is 7.40. The summed E-state index contributed by atoms with van der Waals surface area (Å²) in [7, 11) is 0. The average molecular weight is 142 g/mol. The van der Waals surface area contributed by atoms with Gasteiger partial charge in [-0.3, -0.25) is 9.98 Å². The Morgan fingerprint density at radius 3 is 1.70 bits per heavy atom. The maximum absolute atomic E-state index is 8.69. The van der Waals surface area contributed by atoms with Gasteiger partial charge in [0.1, 0.15) is 0 Å². The zero-order valence-corrected chi connectivity index (χ0v) is 5.51. The summed E-state index contributed by atoms with van der Waals surface area (Å²) in [6.07, 6.45) is 3.07. The molecule has 1 aliphatic heterocycles. The molecule has 56 valence electrons. The van der Waals surface area contributed by atoms with Crippen molar-refractivity contribution in [3.05, 3.63) is 0 Å². The van der Waals surface area contributed by atoms with Crippen LogP contribution in [0.15, 0.2) is 9.98 Å². The summed E-state index contributed by atoms with van der Waals surface area (Å²) in [6.45, 7) is -0.113. The molecular formula is C6H10N2O2. The first-order valence-electron chi connectivity index (χ1n) is 3.15. The Balaban J connectivity index is 2.55. The predicted octanol–water partition coefficient (Wildman–Crippen LogP) is -1.14. The van der Waals surface area contributed by atoms with Crippen molar-refractivity contribution in [2.45, 2.75) is 12.1 Å². The van der Waals surface area contributed by atoms with Crippen molar-refractivity contribution in [3.63, 3.8) is 0 Å². The van der Waals surface area contributed by atoms with Crippen LogP contribution in [-0.4, -0.2) is 47.9 Å². The quantitative estimate of drug-likeness (QED) is 0.512. The summed E-state index contributed by atoms with van der Waals surface area (Å²) in [5, 5.41) is 17.4. The van der Waals surface area contributed by atoms with Gasteiger partial charge in [-0.05, 0) is 0 Å². The minimum absolute atomic E-state index is 0.0565. The number of hydrogen-bond acceptors (Lipinski definition) is 4. The van der Waals surface area contributed by atoms with Crippen LogP contribution in [0.5, 0.6) is 0 Å². The highest BCUT2D eigenvalue weighted by molar-refractivity contribution is 6.16. The molecule has 4 heteroatoms. The van der Waals surface area contributed by atoms with Crippen molar-refractivity contribution in [1.82, 2.24) is 0 Å². The molecule has 0 aliphatic carbocycles. The van der Waals surface area contributed by atoms with Crippen molar-refractivity contribution in [1.29, 1.82) is 0 Å². The highest BCUT2D eigenvalue weighted by atomic mass is 16.3. The number of rotatable bonds is 2. The van der Waals surface area contributed by atoms with Crippen molar-refractivity contribution < 1.29 is 10.2 Å². The van der Waals surface area contributed by atoms with E-state index in [2.05, 4.69) is 9.98 Å². The number of nitrogens with zero attached hydrogens (tertiary/aromatic N) is 2. The van der Waals surface area contributed by atoms with Crippen LogP contribution in [0.25, 0.3) is 0 Å². The molecule has 0 aromatic heterocycles. The van der Waals surface area contributed by atoms with Gasteiger partial charge in [0, 0.05) is 12.4 Å². The Kier molecular flexibility index (Phi) is 2.53. The van der Waals surface area contributed by atoms with Gasteiger partial charge in [0.25, 0.3) is 0 Å². The number of hydrogen-bond donors (Lipinski definition) is 2. The van der Waals surface area contributed by atoms with Crippen LogP contribution >= 0.6 is 0 Å². The van der Waals surface area contributed by atoms with Gasteiger partial charge >= 0.3 is 0 Å². The summed E-state index contributed by atoms with van der Waals surface area (Å²) in [5.41, 5.74) is 0. The topological polar surface area (TPSA) is 65.2 Å². The van der Waals surface area contributed by atoms with Gasteiger partial charge in [-0.25, -0.2) is 0 Å². The third-order valence-corrected chi connectivity index (χ3v) is 1.44. The summed E-state index contributed by atoms with van der Waals surface area (Å²) >= 11 is 0. The SMILES string of the molecule is OCC1N=CC=NC1CO. The van der Waals surface area contributed by atoms with Gasteiger partial charge in [-0.15, -0.1) is 0 Å². The van der Waals surface area contributed by atoms with Gasteiger partial charge in [-0.1, -0.05) is 0 Å². The molecule has 0 aromatic rings. The van der Waals surface area contributed by atoms with E-state index in [1.54, 1.807) is 0 Å². The summed E-state index contributed by atoms with van der Waals surface area (Å²) in [5.74, 6) is 0. The standard InChI is InChI=1S/C6H10N2O2/c9-3-5-6(4-10)8-2-1-7-5/h1-2,5-6,9-10H,3-4H2. The second-order valence-corrected chi connectivity index (χ2v) is 2.10. The molecule has 0 bridgehead atoms. The summed E-state index contributed by atoms with van der Waals surface area (Å²) in [6, 6.07) is -0.509. The van der Waals surface area contributed by atoms with Crippen LogP contribution in [0.3, 0.4) is 0 Å². The number of aliphatic imine (C=N–C) groups is 2. The Bertz CT molecular complexity index is 138. The third-order valence-electron chi connectivity index (χ3n) is 1.44. The lowest BCUT2D eigenvalue weighted by molar-refractivity contribution is 0.201. The Labute approximate surface area is 58.9 Å². The van der Waals surface area contributed by atoms with Gasteiger partial charge in [0.2, 0.25) is 0 Å².